The van der Waals surface area contributed by atoms with Gasteiger partial charge in [-0.15, -0.1) is 0 Å². The van der Waals surface area contributed by atoms with Crippen molar-refractivity contribution >= 4 is 6.03 Å². The Bertz CT molecular complexity index is 374. The minimum atomic E-state index is 0.0406. The number of amides is 2. The molecule has 0 bridgehead atoms. The fourth-order valence-electron chi connectivity index (χ4n) is 5.01. The molecule has 4 aliphatic rings. The first-order valence-corrected chi connectivity index (χ1v) is 8.90. The Morgan fingerprint density at radius 1 is 0.727 bits per heavy atom. The summed E-state index contributed by atoms with van der Waals surface area (Å²) in [6.07, 6.45) is 9.21. The van der Waals surface area contributed by atoms with E-state index in [1.807, 2.05) is 0 Å². The minimum Gasteiger partial charge on any atom is -0.381 e. The number of urea groups is 1. The van der Waals surface area contributed by atoms with Gasteiger partial charge in [0.05, 0.1) is 0 Å². The first-order chi connectivity index (χ1) is 10.7. The average molecular weight is 308 g/mol. The molecule has 2 aliphatic heterocycles. The van der Waals surface area contributed by atoms with E-state index in [4.69, 9.17) is 9.47 Å². The molecule has 0 aromatic carbocycles. The summed E-state index contributed by atoms with van der Waals surface area (Å²) in [6, 6.07) is 0.782. The van der Waals surface area contributed by atoms with Crippen LogP contribution in [-0.4, -0.2) is 44.5 Å². The van der Waals surface area contributed by atoms with Gasteiger partial charge in [0.15, 0.2) is 0 Å². The highest BCUT2D eigenvalue weighted by atomic mass is 16.5. The molecular formula is C17H28N2O3. The van der Waals surface area contributed by atoms with Crippen LogP contribution in [0.4, 0.5) is 4.79 Å². The number of hydrogen-bond donors (Lipinski definition) is 2. The molecule has 2 N–H and O–H groups in total. The average Bonchev–Trinajstić information content (AvgIpc) is 2.46. The predicted octanol–water partition coefficient (Wildman–Crippen LogP) is 2.20. The zero-order valence-electron chi connectivity index (χ0n) is 13.4. The lowest BCUT2D eigenvalue weighted by Crippen LogP contribution is -2.59. The first-order valence-electron chi connectivity index (χ1n) is 8.90. The van der Waals surface area contributed by atoms with Gasteiger partial charge in [-0.25, -0.2) is 4.79 Å². The molecular weight excluding hydrogens is 280 g/mol. The Balaban J connectivity index is 1.16. The van der Waals surface area contributed by atoms with Gasteiger partial charge >= 0.3 is 6.03 Å². The molecule has 4 rings (SSSR count). The van der Waals surface area contributed by atoms with Crippen LogP contribution in [0.25, 0.3) is 0 Å². The molecule has 0 aromatic rings. The summed E-state index contributed by atoms with van der Waals surface area (Å²) in [6.45, 7) is 3.58. The summed E-state index contributed by atoms with van der Waals surface area (Å²) in [4.78, 5) is 12.1. The van der Waals surface area contributed by atoms with Crippen LogP contribution in [0.15, 0.2) is 0 Å². The topological polar surface area (TPSA) is 59.6 Å². The monoisotopic (exact) mass is 308 g/mol. The molecule has 0 unspecified atom stereocenters. The van der Waals surface area contributed by atoms with Crippen LogP contribution in [0.1, 0.15) is 51.4 Å². The van der Waals surface area contributed by atoms with Gasteiger partial charge in [0.25, 0.3) is 0 Å². The molecule has 2 amide bonds. The Morgan fingerprint density at radius 2 is 1.09 bits per heavy atom. The highest BCUT2D eigenvalue weighted by molar-refractivity contribution is 5.74. The fraction of sp³-hybridized carbons (Fsp3) is 0.941. The lowest BCUT2D eigenvalue weighted by atomic mass is 9.61. The SMILES string of the molecule is O=C(NC1CC2(CCOCC2)C1)NC1CC2(CCOCC2)C1. The van der Waals surface area contributed by atoms with Crippen molar-refractivity contribution in [1.82, 2.24) is 10.6 Å². The molecule has 4 fully saturated rings. The van der Waals surface area contributed by atoms with Gasteiger partial charge in [0.1, 0.15) is 0 Å². The van der Waals surface area contributed by atoms with Crippen molar-refractivity contribution in [3.8, 4) is 0 Å². The fourth-order valence-corrected chi connectivity index (χ4v) is 5.01. The lowest BCUT2D eigenvalue weighted by molar-refractivity contribution is -0.0463. The van der Waals surface area contributed by atoms with Gasteiger partial charge in [-0.05, 0) is 62.2 Å². The van der Waals surface area contributed by atoms with Crippen LogP contribution in [0.3, 0.4) is 0 Å². The van der Waals surface area contributed by atoms with E-state index < -0.39 is 0 Å². The van der Waals surface area contributed by atoms with Crippen LogP contribution in [0.5, 0.6) is 0 Å². The Labute approximate surface area is 132 Å². The molecule has 2 heterocycles. The quantitative estimate of drug-likeness (QED) is 0.822. The standard InChI is InChI=1S/C17H28N2O3/c20-15(18-13-9-16(10-13)1-5-21-6-2-16)19-14-11-17(12-14)3-7-22-8-4-17/h13-14H,1-12H2,(H2,18,19,20). The van der Waals surface area contributed by atoms with E-state index in [2.05, 4.69) is 10.6 Å². The molecule has 0 atom stereocenters. The zero-order chi connectivity index (χ0) is 15.0. The van der Waals surface area contributed by atoms with Crippen LogP contribution < -0.4 is 10.6 Å². The smallest absolute Gasteiger partial charge is 0.315 e. The first kappa shape index (κ1) is 14.8. The molecule has 2 spiro atoms. The van der Waals surface area contributed by atoms with Crippen molar-refractivity contribution in [3.05, 3.63) is 0 Å². The molecule has 2 saturated heterocycles. The Morgan fingerprint density at radius 3 is 1.45 bits per heavy atom. The molecule has 2 aliphatic carbocycles. The van der Waals surface area contributed by atoms with Crippen molar-refractivity contribution in [1.29, 1.82) is 0 Å². The summed E-state index contributed by atoms with van der Waals surface area (Å²) in [5.41, 5.74) is 0.942. The van der Waals surface area contributed by atoms with Crippen LogP contribution in [0.2, 0.25) is 0 Å². The van der Waals surface area contributed by atoms with Crippen molar-refractivity contribution in [3.63, 3.8) is 0 Å². The summed E-state index contributed by atoms with van der Waals surface area (Å²) in [7, 11) is 0. The number of nitrogens with one attached hydrogen (secondary N) is 2. The van der Waals surface area contributed by atoms with Crippen LogP contribution in [-0.2, 0) is 9.47 Å². The van der Waals surface area contributed by atoms with Crippen molar-refractivity contribution < 1.29 is 14.3 Å². The number of carbonyl (C=O) groups excluding carboxylic acids is 1. The molecule has 0 radical (unpaired) electrons. The Kier molecular flexibility index (Phi) is 3.81. The highest BCUT2D eigenvalue weighted by Gasteiger charge is 2.47. The van der Waals surface area contributed by atoms with E-state index >= 15 is 0 Å². The molecule has 0 aromatic heterocycles. The maximum absolute atomic E-state index is 12.1. The van der Waals surface area contributed by atoms with E-state index in [0.29, 0.717) is 22.9 Å². The van der Waals surface area contributed by atoms with Gasteiger partial charge in [0.2, 0.25) is 0 Å². The zero-order valence-corrected chi connectivity index (χ0v) is 13.4. The van der Waals surface area contributed by atoms with Crippen LogP contribution in [0, 0.1) is 10.8 Å². The third-order valence-electron chi connectivity index (χ3n) is 6.50. The second-order valence-corrected chi connectivity index (χ2v) is 8.05. The maximum atomic E-state index is 12.1. The molecule has 124 valence electrons. The Hall–Kier alpha value is -0.810. The summed E-state index contributed by atoms with van der Waals surface area (Å²) in [5.74, 6) is 0. The predicted molar refractivity (Wildman–Crippen MR) is 82.7 cm³/mol. The van der Waals surface area contributed by atoms with Gasteiger partial charge < -0.3 is 20.1 Å². The van der Waals surface area contributed by atoms with E-state index in [-0.39, 0.29) is 6.03 Å². The summed E-state index contributed by atoms with van der Waals surface area (Å²) < 4.78 is 10.9. The summed E-state index contributed by atoms with van der Waals surface area (Å²) >= 11 is 0. The minimum absolute atomic E-state index is 0.0406. The number of carbonyl (C=O) groups is 1. The van der Waals surface area contributed by atoms with Gasteiger partial charge in [-0.1, -0.05) is 0 Å². The van der Waals surface area contributed by atoms with Crippen molar-refractivity contribution in [2.24, 2.45) is 10.8 Å². The lowest BCUT2D eigenvalue weighted by Gasteiger charge is -2.51. The van der Waals surface area contributed by atoms with Crippen molar-refractivity contribution in [2.75, 3.05) is 26.4 Å². The molecule has 22 heavy (non-hydrogen) atoms. The van der Waals surface area contributed by atoms with E-state index in [9.17, 15) is 4.79 Å². The van der Waals surface area contributed by atoms with Gasteiger partial charge in [0, 0.05) is 38.5 Å². The van der Waals surface area contributed by atoms with Gasteiger partial charge in [-0.2, -0.15) is 0 Å². The largest absolute Gasteiger partial charge is 0.381 e. The number of ether oxygens (including phenoxy) is 2. The molecule has 2 saturated carbocycles. The maximum Gasteiger partial charge on any atom is 0.315 e. The second kappa shape index (κ2) is 5.68. The second-order valence-electron chi connectivity index (χ2n) is 8.05. The molecule has 5 nitrogen and oxygen atoms in total. The third kappa shape index (κ3) is 2.85. The van der Waals surface area contributed by atoms with Crippen molar-refractivity contribution in [2.45, 2.75) is 63.5 Å². The van der Waals surface area contributed by atoms with Gasteiger partial charge in [-0.3, -0.25) is 0 Å². The van der Waals surface area contributed by atoms with E-state index in [1.165, 1.54) is 25.7 Å². The van der Waals surface area contributed by atoms with Crippen LogP contribution >= 0.6 is 0 Å². The summed E-state index contributed by atoms with van der Waals surface area (Å²) in [5, 5.41) is 6.33. The molecule has 5 heteroatoms. The van der Waals surface area contributed by atoms with E-state index in [0.717, 1.165) is 52.1 Å². The van der Waals surface area contributed by atoms with E-state index in [1.54, 1.807) is 0 Å². The third-order valence-corrected chi connectivity index (χ3v) is 6.50. The number of hydrogen-bond acceptors (Lipinski definition) is 3. The number of rotatable bonds is 2. The normalized spacial score (nSPS) is 33.0. The highest BCUT2D eigenvalue weighted by Crippen LogP contribution is 2.49.